The van der Waals surface area contributed by atoms with Gasteiger partial charge in [-0.3, -0.25) is 0 Å². The first-order valence-corrected chi connectivity index (χ1v) is 7.63. The third-order valence-electron chi connectivity index (χ3n) is 3.75. The summed E-state index contributed by atoms with van der Waals surface area (Å²) in [7, 11) is 0. The molecule has 0 fully saturated rings. The molecule has 0 saturated carbocycles. The molecule has 0 spiro atoms. The third kappa shape index (κ3) is 2.84. The van der Waals surface area contributed by atoms with E-state index in [0.29, 0.717) is 6.04 Å². The van der Waals surface area contributed by atoms with Gasteiger partial charge in [-0.25, -0.2) is 0 Å². The molecule has 19 heavy (non-hydrogen) atoms. The quantitative estimate of drug-likeness (QED) is 0.798. The van der Waals surface area contributed by atoms with Crippen LogP contribution in [0.1, 0.15) is 35.6 Å². The summed E-state index contributed by atoms with van der Waals surface area (Å²) in [6.45, 7) is 2.13. The van der Waals surface area contributed by atoms with Gasteiger partial charge in [0, 0.05) is 10.2 Å². The lowest BCUT2D eigenvalue weighted by molar-refractivity contribution is 0.600. The van der Waals surface area contributed by atoms with Gasteiger partial charge in [0.15, 0.2) is 0 Å². The Kier molecular flexibility index (Phi) is 3.61. The first-order valence-electron chi connectivity index (χ1n) is 6.84. The van der Waals surface area contributed by atoms with Crippen molar-refractivity contribution in [2.45, 2.75) is 32.2 Å². The van der Waals surface area contributed by atoms with E-state index in [2.05, 4.69) is 70.6 Å². The Morgan fingerprint density at radius 1 is 1.16 bits per heavy atom. The Labute approximate surface area is 123 Å². The van der Waals surface area contributed by atoms with Gasteiger partial charge in [-0.05, 0) is 61.1 Å². The van der Waals surface area contributed by atoms with Crippen LogP contribution in [0.2, 0.25) is 0 Å². The van der Waals surface area contributed by atoms with Gasteiger partial charge in [0.25, 0.3) is 0 Å². The van der Waals surface area contributed by atoms with Crippen LogP contribution in [0, 0.1) is 6.92 Å². The lowest BCUT2D eigenvalue weighted by atomic mass is 9.87. The maximum atomic E-state index is 3.69. The number of hydrogen-bond acceptors (Lipinski definition) is 1. The van der Waals surface area contributed by atoms with Gasteiger partial charge in [-0.15, -0.1) is 0 Å². The molecule has 1 N–H and O–H groups in total. The summed E-state index contributed by atoms with van der Waals surface area (Å²) >= 11 is 3.57. The highest BCUT2D eigenvalue weighted by Gasteiger charge is 2.19. The van der Waals surface area contributed by atoms with Crippen LogP contribution in [-0.2, 0) is 6.42 Å². The maximum absolute atomic E-state index is 3.69. The van der Waals surface area contributed by atoms with E-state index in [-0.39, 0.29) is 0 Å². The van der Waals surface area contributed by atoms with Gasteiger partial charge in [-0.1, -0.05) is 40.2 Å². The van der Waals surface area contributed by atoms with Gasteiger partial charge in [-0.2, -0.15) is 0 Å². The Morgan fingerprint density at radius 2 is 2.00 bits per heavy atom. The molecule has 0 heterocycles. The monoisotopic (exact) mass is 315 g/mol. The molecule has 1 nitrogen and oxygen atoms in total. The van der Waals surface area contributed by atoms with Gasteiger partial charge in [0.1, 0.15) is 0 Å². The topological polar surface area (TPSA) is 12.0 Å². The van der Waals surface area contributed by atoms with Crippen LogP contribution in [0.25, 0.3) is 0 Å². The molecule has 0 radical (unpaired) electrons. The van der Waals surface area contributed by atoms with E-state index in [1.54, 1.807) is 0 Å². The Morgan fingerprint density at radius 3 is 2.84 bits per heavy atom. The highest BCUT2D eigenvalue weighted by molar-refractivity contribution is 9.10. The standard InChI is InChI=1S/C17H18BrN/c1-12-9-14(18)11-15(10-12)19-17-8-4-6-13-5-2-3-7-16(13)17/h2-3,5,7,9-11,17,19H,4,6,8H2,1H3. The van der Waals surface area contributed by atoms with Crippen LogP contribution in [-0.4, -0.2) is 0 Å². The fraction of sp³-hybridized carbons (Fsp3) is 0.294. The van der Waals surface area contributed by atoms with Crippen molar-refractivity contribution in [2.75, 3.05) is 5.32 Å². The third-order valence-corrected chi connectivity index (χ3v) is 4.21. The van der Waals surface area contributed by atoms with Gasteiger partial charge in [0.05, 0.1) is 6.04 Å². The van der Waals surface area contributed by atoms with Crippen molar-refractivity contribution in [3.05, 3.63) is 63.6 Å². The molecule has 0 amide bonds. The molecule has 1 unspecified atom stereocenters. The zero-order valence-corrected chi connectivity index (χ0v) is 12.7. The molecule has 1 aliphatic carbocycles. The second-order valence-electron chi connectivity index (χ2n) is 5.31. The van der Waals surface area contributed by atoms with Crippen molar-refractivity contribution in [2.24, 2.45) is 0 Å². The summed E-state index contributed by atoms with van der Waals surface area (Å²) in [5.41, 5.74) is 5.44. The van der Waals surface area contributed by atoms with Crippen molar-refractivity contribution in [1.82, 2.24) is 0 Å². The van der Waals surface area contributed by atoms with Gasteiger partial charge < -0.3 is 5.32 Å². The van der Waals surface area contributed by atoms with Gasteiger partial charge >= 0.3 is 0 Å². The van der Waals surface area contributed by atoms with E-state index in [4.69, 9.17) is 0 Å². The molecule has 0 bridgehead atoms. The largest absolute Gasteiger partial charge is 0.378 e. The van der Waals surface area contributed by atoms with Crippen molar-refractivity contribution in [3.63, 3.8) is 0 Å². The fourth-order valence-corrected chi connectivity index (χ4v) is 3.53. The molecule has 2 aromatic carbocycles. The second-order valence-corrected chi connectivity index (χ2v) is 6.22. The van der Waals surface area contributed by atoms with Gasteiger partial charge in [0.2, 0.25) is 0 Å². The van der Waals surface area contributed by atoms with E-state index in [1.165, 1.54) is 41.6 Å². The fourth-order valence-electron chi connectivity index (χ4n) is 2.92. The van der Waals surface area contributed by atoms with Crippen molar-refractivity contribution in [3.8, 4) is 0 Å². The average Bonchev–Trinajstić information content (AvgIpc) is 2.38. The second kappa shape index (κ2) is 5.38. The first-order chi connectivity index (χ1) is 9.22. The van der Waals surface area contributed by atoms with Crippen LogP contribution in [0.3, 0.4) is 0 Å². The minimum absolute atomic E-state index is 0.443. The van der Waals surface area contributed by atoms with Crippen LogP contribution >= 0.6 is 15.9 Å². The SMILES string of the molecule is Cc1cc(Br)cc(NC2CCCc3ccccc32)c1. The van der Waals surface area contributed by atoms with Crippen LogP contribution in [0.15, 0.2) is 46.9 Å². The molecule has 1 atom stereocenters. The Balaban J connectivity index is 1.88. The predicted octanol–water partition coefficient (Wildman–Crippen LogP) is 5.25. The minimum atomic E-state index is 0.443. The van der Waals surface area contributed by atoms with Crippen LogP contribution < -0.4 is 5.32 Å². The molecule has 2 heteroatoms. The van der Waals surface area contributed by atoms with E-state index in [0.717, 1.165) is 4.47 Å². The lowest BCUT2D eigenvalue weighted by Crippen LogP contribution is -2.17. The molecule has 0 aliphatic heterocycles. The predicted molar refractivity (Wildman–Crippen MR) is 84.6 cm³/mol. The minimum Gasteiger partial charge on any atom is -0.378 e. The summed E-state index contributed by atoms with van der Waals surface area (Å²) in [6, 6.07) is 15.8. The summed E-state index contributed by atoms with van der Waals surface area (Å²) < 4.78 is 1.14. The average molecular weight is 316 g/mol. The molecule has 3 rings (SSSR count). The Hall–Kier alpha value is -1.28. The van der Waals surface area contributed by atoms with Crippen LogP contribution in [0.5, 0.6) is 0 Å². The van der Waals surface area contributed by atoms with Crippen molar-refractivity contribution < 1.29 is 0 Å². The zero-order valence-electron chi connectivity index (χ0n) is 11.1. The summed E-state index contributed by atoms with van der Waals surface area (Å²) in [5, 5.41) is 3.69. The van der Waals surface area contributed by atoms with E-state index < -0.39 is 0 Å². The molecule has 0 aromatic heterocycles. The molecule has 98 valence electrons. The lowest BCUT2D eigenvalue weighted by Gasteiger charge is -2.27. The number of aryl methyl sites for hydroxylation is 2. The van der Waals surface area contributed by atoms with Crippen molar-refractivity contribution in [1.29, 1.82) is 0 Å². The normalized spacial score (nSPS) is 17.9. The number of hydrogen-bond donors (Lipinski definition) is 1. The highest BCUT2D eigenvalue weighted by atomic mass is 79.9. The number of fused-ring (bicyclic) bond motifs is 1. The van der Waals surface area contributed by atoms with Crippen molar-refractivity contribution >= 4 is 21.6 Å². The van der Waals surface area contributed by atoms with E-state index in [1.807, 2.05) is 0 Å². The Bertz CT molecular complexity index is 571. The number of rotatable bonds is 2. The molecule has 2 aromatic rings. The summed E-state index contributed by atoms with van der Waals surface area (Å²) in [6.07, 6.45) is 3.69. The highest BCUT2D eigenvalue weighted by Crippen LogP contribution is 2.33. The summed E-state index contributed by atoms with van der Waals surface area (Å²) in [4.78, 5) is 0. The molecule has 0 saturated heterocycles. The van der Waals surface area contributed by atoms with E-state index in [9.17, 15) is 0 Å². The van der Waals surface area contributed by atoms with E-state index >= 15 is 0 Å². The maximum Gasteiger partial charge on any atom is 0.0516 e. The number of benzene rings is 2. The number of nitrogens with one attached hydrogen (secondary N) is 1. The zero-order chi connectivity index (χ0) is 13.2. The number of anilines is 1. The number of halogens is 1. The molecular formula is C17H18BrN. The summed E-state index contributed by atoms with van der Waals surface area (Å²) in [5.74, 6) is 0. The molecular weight excluding hydrogens is 298 g/mol. The van der Waals surface area contributed by atoms with Crippen LogP contribution in [0.4, 0.5) is 5.69 Å². The smallest absolute Gasteiger partial charge is 0.0516 e. The molecule has 1 aliphatic rings. The first kappa shape index (κ1) is 12.7.